The molecule has 1 aromatic carbocycles. The van der Waals surface area contributed by atoms with Crippen molar-refractivity contribution in [1.29, 1.82) is 0 Å². The second-order valence-electron chi connectivity index (χ2n) is 4.02. The molecule has 1 rings (SSSR count). The molecule has 6 heteroatoms. The van der Waals surface area contributed by atoms with Crippen LogP contribution in [0.5, 0.6) is 0 Å². The predicted octanol–water partition coefficient (Wildman–Crippen LogP) is 1.56. The van der Waals surface area contributed by atoms with Gasteiger partial charge in [-0.15, -0.1) is 0 Å². The number of hydrogen-bond acceptors (Lipinski definition) is 4. The second kappa shape index (κ2) is 5.73. The molecule has 98 valence electrons. The van der Waals surface area contributed by atoms with Crippen LogP contribution in [0.25, 0.3) is 0 Å². The SMILES string of the molecule is CC(OC(=O)c1ccc(N)c(Cl)c1)C(=O)N(C)C. The first-order valence-corrected chi connectivity index (χ1v) is 5.68. The predicted molar refractivity (Wildman–Crippen MR) is 69.4 cm³/mol. The molecule has 0 aromatic heterocycles. The molecule has 0 saturated carbocycles. The first kappa shape index (κ1) is 14.3. The number of carbonyl (C=O) groups excluding carboxylic acids is 2. The zero-order valence-corrected chi connectivity index (χ0v) is 11.2. The quantitative estimate of drug-likeness (QED) is 0.668. The third-order valence-electron chi connectivity index (χ3n) is 2.31. The van der Waals surface area contributed by atoms with E-state index in [1.165, 1.54) is 30.0 Å². The fourth-order valence-electron chi connectivity index (χ4n) is 1.30. The molecule has 1 aromatic rings. The van der Waals surface area contributed by atoms with Crippen molar-refractivity contribution in [2.24, 2.45) is 0 Å². The maximum absolute atomic E-state index is 11.8. The Bertz CT molecular complexity index is 474. The number of rotatable bonds is 3. The summed E-state index contributed by atoms with van der Waals surface area (Å²) in [4.78, 5) is 24.6. The van der Waals surface area contributed by atoms with Crippen LogP contribution in [0.3, 0.4) is 0 Å². The topological polar surface area (TPSA) is 72.6 Å². The maximum Gasteiger partial charge on any atom is 0.338 e. The highest BCUT2D eigenvalue weighted by Crippen LogP contribution is 2.20. The Hall–Kier alpha value is -1.75. The van der Waals surface area contributed by atoms with Crippen molar-refractivity contribution < 1.29 is 14.3 Å². The molecule has 2 N–H and O–H groups in total. The number of nitrogens with two attached hydrogens (primary N) is 1. The highest BCUT2D eigenvalue weighted by Gasteiger charge is 2.20. The van der Waals surface area contributed by atoms with Gasteiger partial charge in [-0.25, -0.2) is 4.79 Å². The number of amides is 1. The lowest BCUT2D eigenvalue weighted by molar-refractivity contribution is -0.137. The van der Waals surface area contributed by atoms with Gasteiger partial charge >= 0.3 is 5.97 Å². The molecule has 1 unspecified atom stereocenters. The molecule has 0 saturated heterocycles. The number of likely N-dealkylation sites (N-methyl/N-ethyl adjacent to an activating group) is 1. The summed E-state index contributed by atoms with van der Waals surface area (Å²) in [6, 6.07) is 4.42. The van der Waals surface area contributed by atoms with E-state index in [0.29, 0.717) is 5.69 Å². The van der Waals surface area contributed by atoms with Crippen molar-refractivity contribution in [3.05, 3.63) is 28.8 Å². The van der Waals surface area contributed by atoms with Gasteiger partial charge in [0.15, 0.2) is 6.10 Å². The minimum Gasteiger partial charge on any atom is -0.449 e. The Morgan fingerprint density at radius 3 is 2.50 bits per heavy atom. The molecule has 1 atom stereocenters. The van der Waals surface area contributed by atoms with Crippen LogP contribution in [-0.4, -0.2) is 37.0 Å². The number of hydrogen-bond donors (Lipinski definition) is 1. The van der Waals surface area contributed by atoms with Crippen LogP contribution in [-0.2, 0) is 9.53 Å². The third-order valence-corrected chi connectivity index (χ3v) is 2.64. The van der Waals surface area contributed by atoms with Crippen LogP contribution < -0.4 is 5.73 Å². The zero-order chi connectivity index (χ0) is 13.9. The van der Waals surface area contributed by atoms with Crippen molar-refractivity contribution >= 4 is 29.2 Å². The van der Waals surface area contributed by atoms with Crippen LogP contribution in [0.1, 0.15) is 17.3 Å². The van der Waals surface area contributed by atoms with Crippen LogP contribution in [0.2, 0.25) is 5.02 Å². The summed E-state index contributed by atoms with van der Waals surface area (Å²) in [7, 11) is 3.18. The number of nitrogens with zero attached hydrogens (tertiary/aromatic N) is 1. The van der Waals surface area contributed by atoms with Gasteiger partial charge in [-0.3, -0.25) is 4.79 Å². The number of anilines is 1. The molecule has 18 heavy (non-hydrogen) atoms. The van der Waals surface area contributed by atoms with Gasteiger partial charge in [-0.05, 0) is 25.1 Å². The summed E-state index contributed by atoms with van der Waals surface area (Å²) >= 11 is 5.80. The monoisotopic (exact) mass is 270 g/mol. The number of benzene rings is 1. The molecular formula is C12H15ClN2O3. The molecule has 0 fully saturated rings. The minimum absolute atomic E-state index is 0.257. The molecule has 0 bridgehead atoms. The van der Waals surface area contributed by atoms with E-state index >= 15 is 0 Å². The largest absolute Gasteiger partial charge is 0.449 e. The Balaban J connectivity index is 2.76. The van der Waals surface area contributed by atoms with E-state index in [-0.39, 0.29) is 16.5 Å². The van der Waals surface area contributed by atoms with Crippen LogP contribution in [0.4, 0.5) is 5.69 Å². The average Bonchev–Trinajstić information content (AvgIpc) is 2.31. The lowest BCUT2D eigenvalue weighted by Gasteiger charge is -2.17. The van der Waals surface area contributed by atoms with Gasteiger partial charge in [-0.1, -0.05) is 11.6 Å². The smallest absolute Gasteiger partial charge is 0.338 e. The number of carbonyl (C=O) groups is 2. The standard InChI is InChI=1S/C12H15ClN2O3/c1-7(11(16)15(2)3)18-12(17)8-4-5-10(14)9(13)6-8/h4-7H,14H2,1-3H3. The zero-order valence-electron chi connectivity index (χ0n) is 10.4. The van der Waals surface area contributed by atoms with Gasteiger partial charge in [0.25, 0.3) is 5.91 Å². The highest BCUT2D eigenvalue weighted by atomic mass is 35.5. The molecule has 0 spiro atoms. The van der Waals surface area contributed by atoms with Gasteiger partial charge in [0.1, 0.15) is 0 Å². The Kier molecular flexibility index (Phi) is 4.55. The van der Waals surface area contributed by atoms with Gasteiger partial charge in [0.05, 0.1) is 16.3 Å². The summed E-state index contributed by atoms with van der Waals surface area (Å²) in [6.07, 6.45) is -0.844. The molecule has 0 aliphatic rings. The molecule has 5 nitrogen and oxygen atoms in total. The maximum atomic E-state index is 11.8. The minimum atomic E-state index is -0.844. The van der Waals surface area contributed by atoms with E-state index in [4.69, 9.17) is 22.1 Å². The summed E-state index contributed by atoms with van der Waals surface area (Å²) in [5.41, 5.74) is 6.17. The van der Waals surface area contributed by atoms with Gasteiger partial charge in [-0.2, -0.15) is 0 Å². The Morgan fingerprint density at radius 2 is 2.00 bits per heavy atom. The normalized spacial score (nSPS) is 11.8. The summed E-state index contributed by atoms with van der Waals surface area (Å²) in [5.74, 6) is -0.899. The van der Waals surface area contributed by atoms with Gasteiger partial charge < -0.3 is 15.4 Å². The first-order chi connectivity index (χ1) is 8.32. The van der Waals surface area contributed by atoms with E-state index in [1.54, 1.807) is 14.1 Å². The van der Waals surface area contributed by atoms with Crippen molar-refractivity contribution in [2.45, 2.75) is 13.0 Å². The Morgan fingerprint density at radius 1 is 1.39 bits per heavy atom. The fraction of sp³-hybridized carbons (Fsp3) is 0.333. The number of ether oxygens (including phenoxy) is 1. The van der Waals surface area contributed by atoms with Crippen LogP contribution in [0, 0.1) is 0 Å². The molecule has 0 aliphatic carbocycles. The fourth-order valence-corrected chi connectivity index (χ4v) is 1.48. The van der Waals surface area contributed by atoms with Crippen molar-refractivity contribution in [2.75, 3.05) is 19.8 Å². The Labute approximate surface area is 110 Å². The van der Waals surface area contributed by atoms with E-state index in [9.17, 15) is 9.59 Å². The third kappa shape index (κ3) is 3.37. The molecule has 0 heterocycles. The number of esters is 1. The van der Waals surface area contributed by atoms with Crippen molar-refractivity contribution in [3.8, 4) is 0 Å². The van der Waals surface area contributed by atoms with Crippen LogP contribution >= 0.6 is 11.6 Å². The highest BCUT2D eigenvalue weighted by molar-refractivity contribution is 6.33. The van der Waals surface area contributed by atoms with E-state index in [2.05, 4.69) is 0 Å². The number of nitrogen functional groups attached to an aromatic ring is 1. The van der Waals surface area contributed by atoms with E-state index in [1.807, 2.05) is 0 Å². The van der Waals surface area contributed by atoms with Crippen molar-refractivity contribution in [3.63, 3.8) is 0 Å². The van der Waals surface area contributed by atoms with E-state index < -0.39 is 12.1 Å². The summed E-state index contributed by atoms with van der Waals surface area (Å²) in [6.45, 7) is 1.51. The van der Waals surface area contributed by atoms with E-state index in [0.717, 1.165) is 0 Å². The van der Waals surface area contributed by atoms with Crippen LogP contribution in [0.15, 0.2) is 18.2 Å². The lowest BCUT2D eigenvalue weighted by atomic mass is 10.2. The molecule has 0 aliphatic heterocycles. The average molecular weight is 271 g/mol. The number of halogens is 1. The molecule has 1 amide bonds. The summed E-state index contributed by atoms with van der Waals surface area (Å²) in [5, 5.41) is 0.274. The van der Waals surface area contributed by atoms with Gasteiger partial charge in [0.2, 0.25) is 0 Å². The molecular weight excluding hydrogens is 256 g/mol. The van der Waals surface area contributed by atoms with Crippen molar-refractivity contribution in [1.82, 2.24) is 4.90 Å². The first-order valence-electron chi connectivity index (χ1n) is 5.30. The second-order valence-corrected chi connectivity index (χ2v) is 4.42. The lowest BCUT2D eigenvalue weighted by Crippen LogP contribution is -2.34. The molecule has 0 radical (unpaired) electrons. The summed E-state index contributed by atoms with van der Waals surface area (Å²) < 4.78 is 5.02. The van der Waals surface area contributed by atoms with Gasteiger partial charge in [0, 0.05) is 14.1 Å².